The van der Waals surface area contributed by atoms with Crippen molar-refractivity contribution < 1.29 is 9.84 Å². The van der Waals surface area contributed by atoms with Crippen molar-refractivity contribution in [2.24, 2.45) is 5.84 Å². The summed E-state index contributed by atoms with van der Waals surface area (Å²) in [6.45, 7) is 6.24. The van der Waals surface area contributed by atoms with Crippen LogP contribution in [0, 0.1) is 0 Å². The van der Waals surface area contributed by atoms with Gasteiger partial charge in [-0.05, 0) is 13.8 Å². The molecule has 1 atom stereocenters. The molecule has 0 radical (unpaired) electrons. The molecule has 1 fully saturated rings. The first-order chi connectivity index (χ1) is 9.02. The standard InChI is InChI=1S/C12H21N5O2/c1-12(2)8-17(6-10(7-18)19-12)5-9-3-15-11(16-13)4-14-9/h3-4,10,18H,5-8,13H2,1-2H3,(H,15,16). The highest BCUT2D eigenvalue weighted by atomic mass is 16.5. The highest BCUT2D eigenvalue weighted by Gasteiger charge is 2.33. The number of aliphatic hydroxyl groups is 1. The summed E-state index contributed by atoms with van der Waals surface area (Å²) in [6.07, 6.45) is 3.15. The summed E-state index contributed by atoms with van der Waals surface area (Å²) in [6, 6.07) is 0. The van der Waals surface area contributed by atoms with Crippen molar-refractivity contribution >= 4 is 5.82 Å². The zero-order valence-electron chi connectivity index (χ0n) is 11.3. The molecule has 106 valence electrons. The second kappa shape index (κ2) is 5.79. The number of ether oxygens (including phenoxy) is 1. The quantitative estimate of drug-likeness (QED) is 0.510. The number of hydrogen-bond donors (Lipinski definition) is 3. The van der Waals surface area contributed by atoms with Gasteiger partial charge >= 0.3 is 0 Å². The minimum atomic E-state index is -0.266. The van der Waals surface area contributed by atoms with Gasteiger partial charge in [-0.2, -0.15) is 0 Å². The molecule has 2 rings (SSSR count). The van der Waals surface area contributed by atoms with Crippen LogP contribution in [-0.2, 0) is 11.3 Å². The number of rotatable bonds is 4. The molecule has 1 aliphatic heterocycles. The van der Waals surface area contributed by atoms with Crippen LogP contribution < -0.4 is 11.3 Å². The first kappa shape index (κ1) is 14.1. The Bertz CT molecular complexity index is 409. The lowest BCUT2D eigenvalue weighted by molar-refractivity contribution is -0.150. The number of aromatic nitrogens is 2. The molecule has 4 N–H and O–H groups in total. The number of nitrogens with two attached hydrogens (primary N) is 1. The number of anilines is 1. The zero-order chi connectivity index (χ0) is 13.9. The normalized spacial score (nSPS) is 23.3. The van der Waals surface area contributed by atoms with Crippen LogP contribution in [0.3, 0.4) is 0 Å². The van der Waals surface area contributed by atoms with Crippen molar-refractivity contribution in [3.8, 4) is 0 Å². The summed E-state index contributed by atoms with van der Waals surface area (Å²) >= 11 is 0. The highest BCUT2D eigenvalue weighted by Crippen LogP contribution is 2.21. The number of morpholine rings is 1. The van der Waals surface area contributed by atoms with Crippen molar-refractivity contribution in [3.63, 3.8) is 0 Å². The smallest absolute Gasteiger partial charge is 0.158 e. The predicted molar refractivity (Wildman–Crippen MR) is 71.2 cm³/mol. The van der Waals surface area contributed by atoms with Gasteiger partial charge in [0.2, 0.25) is 0 Å². The number of nitrogens with one attached hydrogen (secondary N) is 1. The van der Waals surface area contributed by atoms with Gasteiger partial charge < -0.3 is 15.3 Å². The Morgan fingerprint density at radius 2 is 2.32 bits per heavy atom. The van der Waals surface area contributed by atoms with Gasteiger partial charge in [-0.1, -0.05) is 0 Å². The van der Waals surface area contributed by atoms with Crippen LogP contribution in [0.4, 0.5) is 5.82 Å². The van der Waals surface area contributed by atoms with Gasteiger partial charge in [-0.25, -0.2) is 10.8 Å². The van der Waals surface area contributed by atoms with Crippen LogP contribution in [0.2, 0.25) is 0 Å². The van der Waals surface area contributed by atoms with E-state index in [-0.39, 0.29) is 18.3 Å². The Morgan fingerprint density at radius 1 is 1.53 bits per heavy atom. The maximum absolute atomic E-state index is 9.27. The molecule has 2 heterocycles. The Morgan fingerprint density at radius 3 is 2.89 bits per heavy atom. The number of hydrazine groups is 1. The number of nitrogens with zero attached hydrogens (tertiary/aromatic N) is 3. The van der Waals surface area contributed by atoms with Crippen molar-refractivity contribution in [1.82, 2.24) is 14.9 Å². The zero-order valence-corrected chi connectivity index (χ0v) is 11.3. The van der Waals surface area contributed by atoms with Gasteiger partial charge in [0.05, 0.1) is 36.4 Å². The van der Waals surface area contributed by atoms with E-state index in [2.05, 4.69) is 20.3 Å². The predicted octanol–water partition coefficient (Wildman–Crippen LogP) is -0.266. The minimum Gasteiger partial charge on any atom is -0.394 e. The summed E-state index contributed by atoms with van der Waals surface area (Å²) in [5.41, 5.74) is 3.05. The Balaban J connectivity index is 2.00. The monoisotopic (exact) mass is 267 g/mol. The maximum Gasteiger partial charge on any atom is 0.158 e. The summed E-state index contributed by atoms with van der Waals surface area (Å²) in [5.74, 6) is 5.79. The van der Waals surface area contributed by atoms with E-state index in [1.165, 1.54) is 0 Å². The molecule has 1 aromatic heterocycles. The van der Waals surface area contributed by atoms with Gasteiger partial charge in [-0.3, -0.25) is 9.88 Å². The fourth-order valence-corrected chi connectivity index (χ4v) is 2.37. The van der Waals surface area contributed by atoms with Crippen molar-refractivity contribution in [1.29, 1.82) is 0 Å². The lowest BCUT2D eigenvalue weighted by Gasteiger charge is -2.42. The molecule has 19 heavy (non-hydrogen) atoms. The molecule has 0 aliphatic carbocycles. The molecule has 0 amide bonds. The van der Waals surface area contributed by atoms with Gasteiger partial charge in [0.1, 0.15) is 0 Å². The molecule has 0 spiro atoms. The van der Waals surface area contributed by atoms with Crippen LogP contribution in [-0.4, -0.2) is 51.4 Å². The topological polar surface area (TPSA) is 96.5 Å². The molecule has 0 aromatic carbocycles. The number of hydrogen-bond acceptors (Lipinski definition) is 7. The Labute approximate surface area is 112 Å². The molecule has 7 heteroatoms. The van der Waals surface area contributed by atoms with E-state index in [1.54, 1.807) is 12.4 Å². The minimum absolute atomic E-state index is 0.0294. The summed E-state index contributed by atoms with van der Waals surface area (Å²) in [5, 5.41) is 9.27. The van der Waals surface area contributed by atoms with E-state index in [0.29, 0.717) is 18.9 Å². The summed E-state index contributed by atoms with van der Waals surface area (Å²) in [7, 11) is 0. The van der Waals surface area contributed by atoms with Crippen LogP contribution in [0.5, 0.6) is 0 Å². The Kier molecular flexibility index (Phi) is 4.31. The SMILES string of the molecule is CC1(C)CN(Cc2cnc(NN)cn2)CC(CO)O1. The maximum atomic E-state index is 9.27. The highest BCUT2D eigenvalue weighted by molar-refractivity contribution is 5.28. The van der Waals surface area contributed by atoms with E-state index >= 15 is 0 Å². The van der Waals surface area contributed by atoms with Crippen LogP contribution in [0.15, 0.2) is 12.4 Å². The fourth-order valence-electron chi connectivity index (χ4n) is 2.37. The molecule has 1 aliphatic rings. The van der Waals surface area contributed by atoms with Crippen molar-refractivity contribution in [2.45, 2.75) is 32.1 Å². The van der Waals surface area contributed by atoms with Crippen LogP contribution >= 0.6 is 0 Å². The van der Waals surface area contributed by atoms with Crippen LogP contribution in [0.25, 0.3) is 0 Å². The third-order valence-electron chi connectivity index (χ3n) is 2.99. The van der Waals surface area contributed by atoms with Crippen molar-refractivity contribution in [2.75, 3.05) is 25.1 Å². The Hall–Kier alpha value is -1.28. The molecule has 7 nitrogen and oxygen atoms in total. The molecular weight excluding hydrogens is 246 g/mol. The van der Waals surface area contributed by atoms with Crippen molar-refractivity contribution in [3.05, 3.63) is 18.1 Å². The summed E-state index contributed by atoms with van der Waals surface area (Å²) < 4.78 is 5.77. The second-order valence-corrected chi connectivity index (χ2v) is 5.39. The number of nitrogen functional groups attached to an aromatic ring is 1. The average molecular weight is 267 g/mol. The third-order valence-corrected chi connectivity index (χ3v) is 2.99. The summed E-state index contributed by atoms with van der Waals surface area (Å²) in [4.78, 5) is 10.6. The third kappa shape index (κ3) is 3.84. The van der Waals surface area contributed by atoms with Gasteiger partial charge in [0.15, 0.2) is 5.82 Å². The molecule has 0 saturated carbocycles. The van der Waals surface area contributed by atoms with Gasteiger partial charge in [0.25, 0.3) is 0 Å². The van der Waals surface area contributed by atoms with E-state index in [1.807, 2.05) is 13.8 Å². The van der Waals surface area contributed by atoms with Gasteiger partial charge in [-0.15, -0.1) is 0 Å². The first-order valence-electron chi connectivity index (χ1n) is 6.31. The van der Waals surface area contributed by atoms with Gasteiger partial charge in [0, 0.05) is 19.6 Å². The molecule has 0 bridgehead atoms. The lowest BCUT2D eigenvalue weighted by Crippen LogP contribution is -2.53. The molecular formula is C12H21N5O2. The van der Waals surface area contributed by atoms with E-state index in [0.717, 1.165) is 12.2 Å². The lowest BCUT2D eigenvalue weighted by atomic mass is 10.1. The largest absolute Gasteiger partial charge is 0.394 e. The molecule has 1 saturated heterocycles. The number of aliphatic hydroxyl groups excluding tert-OH is 1. The fraction of sp³-hybridized carbons (Fsp3) is 0.667. The van der Waals surface area contributed by atoms with E-state index in [9.17, 15) is 5.11 Å². The van der Waals surface area contributed by atoms with Crippen LogP contribution in [0.1, 0.15) is 19.5 Å². The van der Waals surface area contributed by atoms with E-state index in [4.69, 9.17) is 10.6 Å². The van der Waals surface area contributed by atoms with E-state index < -0.39 is 0 Å². The second-order valence-electron chi connectivity index (χ2n) is 5.39. The average Bonchev–Trinajstić information content (AvgIpc) is 2.37. The molecule has 1 aromatic rings. The first-order valence-corrected chi connectivity index (χ1v) is 6.31. The molecule has 1 unspecified atom stereocenters.